The molecular weight excluding hydrogens is 362 g/mol. The zero-order valence-corrected chi connectivity index (χ0v) is 15.9. The summed E-state index contributed by atoms with van der Waals surface area (Å²) in [5, 5.41) is 0. The Morgan fingerprint density at radius 2 is 1.93 bits per heavy atom. The average Bonchev–Trinajstić information content (AvgIpc) is 3.26. The van der Waals surface area contributed by atoms with Crippen molar-refractivity contribution in [3.63, 3.8) is 0 Å². The molecule has 2 aromatic carbocycles. The third-order valence-electron chi connectivity index (χ3n) is 5.19. The van der Waals surface area contributed by atoms with Gasteiger partial charge in [0.05, 0.1) is 7.11 Å². The first-order valence-corrected chi connectivity index (χ1v) is 9.94. The first-order valence-electron chi connectivity index (χ1n) is 8.96. The van der Waals surface area contributed by atoms with Crippen molar-refractivity contribution in [1.82, 2.24) is 4.90 Å². The highest BCUT2D eigenvalue weighted by Gasteiger charge is 2.57. The lowest BCUT2D eigenvalue weighted by Gasteiger charge is -2.33. The van der Waals surface area contributed by atoms with Crippen molar-refractivity contribution in [1.29, 1.82) is 0 Å². The molecule has 2 aliphatic heterocycles. The number of carbonyl (C=O) groups is 2. The van der Waals surface area contributed by atoms with E-state index in [1.807, 2.05) is 54.6 Å². The molecule has 0 unspecified atom stereocenters. The molecule has 2 aromatic rings. The Hall–Kier alpha value is -2.47. The van der Waals surface area contributed by atoms with Crippen LogP contribution < -0.4 is 4.74 Å². The van der Waals surface area contributed by atoms with E-state index in [-0.39, 0.29) is 18.5 Å². The van der Waals surface area contributed by atoms with Gasteiger partial charge in [-0.3, -0.25) is 4.79 Å². The quantitative estimate of drug-likeness (QED) is 0.742. The lowest BCUT2D eigenvalue weighted by molar-refractivity contribution is -0.155. The molecule has 0 aliphatic carbocycles. The van der Waals surface area contributed by atoms with Gasteiger partial charge >= 0.3 is 5.97 Å². The van der Waals surface area contributed by atoms with Crippen LogP contribution in [-0.2, 0) is 25.8 Å². The zero-order valence-electron chi connectivity index (χ0n) is 15.1. The minimum atomic E-state index is -0.556. The number of esters is 1. The number of rotatable bonds is 5. The van der Waals surface area contributed by atoms with Crippen LogP contribution in [0.3, 0.4) is 0 Å². The summed E-state index contributed by atoms with van der Waals surface area (Å²) in [6.45, 7) is 0.129. The van der Waals surface area contributed by atoms with Crippen LogP contribution in [0.2, 0.25) is 0 Å². The topological polar surface area (TPSA) is 55.8 Å². The number of nitrogens with zero attached hydrogens (tertiary/aromatic N) is 1. The second-order valence-electron chi connectivity index (χ2n) is 6.66. The molecule has 27 heavy (non-hydrogen) atoms. The van der Waals surface area contributed by atoms with E-state index in [2.05, 4.69) is 0 Å². The Bertz CT molecular complexity index is 856. The monoisotopic (exact) mass is 383 g/mol. The summed E-state index contributed by atoms with van der Waals surface area (Å²) in [4.78, 5) is 26.7. The number of para-hydroxylation sites is 1. The van der Waals surface area contributed by atoms with Gasteiger partial charge in [0.15, 0.2) is 0 Å². The summed E-state index contributed by atoms with van der Waals surface area (Å²) < 4.78 is 10.9. The molecule has 4 rings (SSSR count). The number of methoxy groups -OCH3 is 1. The summed E-state index contributed by atoms with van der Waals surface area (Å²) in [6, 6.07) is 16.8. The van der Waals surface area contributed by atoms with Gasteiger partial charge in [-0.05, 0) is 18.1 Å². The van der Waals surface area contributed by atoms with E-state index in [1.54, 1.807) is 23.8 Å². The largest absolute Gasteiger partial charge is 0.496 e. The molecule has 2 saturated heterocycles. The Morgan fingerprint density at radius 3 is 2.70 bits per heavy atom. The molecule has 2 fully saturated rings. The molecule has 0 radical (unpaired) electrons. The van der Waals surface area contributed by atoms with Crippen LogP contribution in [0.4, 0.5) is 0 Å². The second kappa shape index (κ2) is 7.27. The maximum Gasteiger partial charge on any atom is 0.330 e. The molecule has 0 saturated carbocycles. The van der Waals surface area contributed by atoms with Gasteiger partial charge < -0.3 is 14.4 Å². The first-order chi connectivity index (χ1) is 13.2. The summed E-state index contributed by atoms with van der Waals surface area (Å²) >= 11 is 1.66. The van der Waals surface area contributed by atoms with E-state index in [0.29, 0.717) is 17.9 Å². The first kappa shape index (κ1) is 17.9. The second-order valence-corrected chi connectivity index (χ2v) is 7.96. The minimum absolute atomic E-state index is 0.0168. The van der Waals surface area contributed by atoms with Gasteiger partial charge in [-0.2, -0.15) is 0 Å². The lowest BCUT2D eigenvalue weighted by Crippen LogP contribution is -2.46. The Morgan fingerprint density at radius 1 is 1.19 bits per heavy atom. The van der Waals surface area contributed by atoms with Crippen molar-refractivity contribution >= 4 is 23.6 Å². The fourth-order valence-corrected chi connectivity index (χ4v) is 5.52. The molecule has 2 heterocycles. The zero-order chi connectivity index (χ0) is 18.9. The number of ether oxygens (including phenoxy) is 2. The molecule has 1 amide bonds. The van der Waals surface area contributed by atoms with Gasteiger partial charge in [0.2, 0.25) is 5.91 Å². The number of hydrogen-bond donors (Lipinski definition) is 0. The molecule has 140 valence electrons. The van der Waals surface area contributed by atoms with Crippen molar-refractivity contribution in [3.8, 4) is 5.75 Å². The van der Waals surface area contributed by atoms with Crippen LogP contribution in [0.1, 0.15) is 24.0 Å². The number of benzene rings is 2. The number of carbonyl (C=O) groups excluding carboxylic acids is 2. The molecule has 0 spiro atoms. The van der Waals surface area contributed by atoms with Gasteiger partial charge in [0.1, 0.15) is 23.3 Å². The van der Waals surface area contributed by atoms with Crippen LogP contribution in [0, 0.1) is 0 Å². The molecule has 0 aromatic heterocycles. The Labute approximate surface area is 162 Å². The Balaban J connectivity index is 1.53. The van der Waals surface area contributed by atoms with Crippen LogP contribution in [0.25, 0.3) is 0 Å². The van der Waals surface area contributed by atoms with Gasteiger partial charge in [-0.25, -0.2) is 4.79 Å². The lowest BCUT2D eigenvalue weighted by atomic mass is 10.0. The average molecular weight is 383 g/mol. The maximum absolute atomic E-state index is 12.8. The van der Waals surface area contributed by atoms with E-state index in [0.717, 1.165) is 17.5 Å². The molecule has 0 bridgehead atoms. The van der Waals surface area contributed by atoms with Crippen LogP contribution in [-0.4, -0.2) is 35.7 Å². The van der Waals surface area contributed by atoms with Crippen molar-refractivity contribution in [3.05, 3.63) is 65.7 Å². The summed E-state index contributed by atoms with van der Waals surface area (Å²) in [5.74, 6) is 0.886. The number of thioether (sulfide) groups is 1. The normalized spacial score (nSPS) is 24.0. The van der Waals surface area contributed by atoms with Gasteiger partial charge in [0.25, 0.3) is 0 Å². The van der Waals surface area contributed by atoms with E-state index >= 15 is 0 Å². The van der Waals surface area contributed by atoms with Crippen LogP contribution in [0.15, 0.2) is 54.6 Å². The molecule has 5 nitrogen and oxygen atoms in total. The van der Waals surface area contributed by atoms with E-state index in [9.17, 15) is 9.59 Å². The third kappa shape index (κ3) is 3.08. The number of fused-ring (bicyclic) bond motifs is 1. The predicted molar refractivity (Wildman–Crippen MR) is 103 cm³/mol. The highest BCUT2D eigenvalue weighted by molar-refractivity contribution is 8.00. The molecule has 6 heteroatoms. The molecule has 2 aliphatic rings. The van der Waals surface area contributed by atoms with E-state index in [4.69, 9.17) is 9.47 Å². The van der Waals surface area contributed by atoms with Crippen LogP contribution >= 0.6 is 11.8 Å². The molecule has 2 atom stereocenters. The third-order valence-corrected chi connectivity index (χ3v) is 6.78. The van der Waals surface area contributed by atoms with Crippen LogP contribution in [0.5, 0.6) is 5.75 Å². The van der Waals surface area contributed by atoms with Crippen molar-refractivity contribution < 1.29 is 19.1 Å². The summed E-state index contributed by atoms with van der Waals surface area (Å²) in [6.07, 6.45) is 1.18. The standard InChI is InChI=1S/C21H21NO4S/c1-25-18-10-6-5-7-15(18)13-26-20(24)17-14-27-21(12-11-19(23)22(17)21)16-8-3-2-4-9-16/h2-10,17H,11-14H2,1H3/t17-,21+/m1/s1. The van der Waals surface area contributed by atoms with Gasteiger partial charge in [0, 0.05) is 17.7 Å². The summed E-state index contributed by atoms with van der Waals surface area (Å²) in [7, 11) is 1.59. The predicted octanol–water partition coefficient (Wildman–Crippen LogP) is 3.33. The fraction of sp³-hybridized carbons (Fsp3) is 0.333. The van der Waals surface area contributed by atoms with E-state index in [1.165, 1.54) is 0 Å². The minimum Gasteiger partial charge on any atom is -0.496 e. The smallest absolute Gasteiger partial charge is 0.330 e. The SMILES string of the molecule is COc1ccccc1COC(=O)[C@H]1CS[C@]2(c3ccccc3)CCC(=O)N12. The highest BCUT2D eigenvalue weighted by atomic mass is 32.2. The summed E-state index contributed by atoms with van der Waals surface area (Å²) in [5.41, 5.74) is 1.88. The van der Waals surface area contributed by atoms with Crippen molar-refractivity contribution in [2.45, 2.75) is 30.4 Å². The van der Waals surface area contributed by atoms with Crippen molar-refractivity contribution in [2.24, 2.45) is 0 Å². The fourth-order valence-electron chi connectivity index (χ4n) is 3.88. The number of hydrogen-bond acceptors (Lipinski definition) is 5. The number of amides is 1. The van der Waals surface area contributed by atoms with Gasteiger partial charge in [-0.1, -0.05) is 48.5 Å². The molecular formula is C21H21NO4S. The highest BCUT2D eigenvalue weighted by Crippen LogP contribution is 2.54. The maximum atomic E-state index is 12.8. The van der Waals surface area contributed by atoms with Gasteiger partial charge in [-0.15, -0.1) is 11.8 Å². The van der Waals surface area contributed by atoms with E-state index < -0.39 is 10.9 Å². The Kier molecular flexibility index (Phi) is 4.83. The molecule has 0 N–H and O–H groups in total. The van der Waals surface area contributed by atoms with Crippen molar-refractivity contribution in [2.75, 3.05) is 12.9 Å².